The molecule has 1 fully saturated rings. The van der Waals surface area contributed by atoms with E-state index in [1.807, 2.05) is 32.0 Å². The maximum Gasteiger partial charge on any atom is 0.310 e. The average Bonchev–Trinajstić information content (AvgIpc) is 3.44. The van der Waals surface area contributed by atoms with Gasteiger partial charge in [-0.05, 0) is 49.6 Å². The number of fused-ring (bicyclic) bond motifs is 3. The number of cyclic esters (lactones) is 1. The molecule has 0 radical (unpaired) electrons. The molecule has 8 heteroatoms. The lowest BCUT2D eigenvalue weighted by molar-refractivity contribution is -0.141. The molecule has 1 saturated heterocycles. The molecule has 8 nitrogen and oxygen atoms in total. The van der Waals surface area contributed by atoms with Gasteiger partial charge in [-0.2, -0.15) is 0 Å². The van der Waals surface area contributed by atoms with Gasteiger partial charge in [-0.25, -0.2) is 0 Å². The van der Waals surface area contributed by atoms with Crippen molar-refractivity contribution in [3.05, 3.63) is 34.9 Å². The highest BCUT2D eigenvalue weighted by molar-refractivity contribution is 5.79. The fourth-order valence-electron chi connectivity index (χ4n) is 5.24. The number of rotatable bonds is 7. The van der Waals surface area contributed by atoms with Gasteiger partial charge in [0.15, 0.2) is 23.0 Å². The molecule has 2 aromatic carbocycles. The van der Waals surface area contributed by atoms with Gasteiger partial charge < -0.3 is 33.2 Å². The first-order valence-corrected chi connectivity index (χ1v) is 11.2. The molecule has 0 spiro atoms. The van der Waals surface area contributed by atoms with Crippen molar-refractivity contribution in [3.63, 3.8) is 0 Å². The predicted octanol–water partition coefficient (Wildman–Crippen LogP) is 3.71. The van der Waals surface area contributed by atoms with E-state index in [-0.39, 0.29) is 30.5 Å². The third-order valence-electron chi connectivity index (χ3n) is 6.56. The SMILES string of the molecule is CCOc1c(OC)cc([C@H]2c3cc4c(c(OCC)c3C[C@H]3COC(=O)[C@@H]32)OCO4)cc1OC. The van der Waals surface area contributed by atoms with Gasteiger partial charge in [-0.15, -0.1) is 0 Å². The van der Waals surface area contributed by atoms with Crippen molar-refractivity contribution in [2.75, 3.05) is 40.8 Å². The molecular weight excluding hydrogens is 428 g/mol. The quantitative estimate of drug-likeness (QED) is 0.584. The molecular formula is C25H28O8. The number of carbonyl (C=O) groups excluding carboxylic acids is 1. The summed E-state index contributed by atoms with van der Waals surface area (Å²) < 4.78 is 40.1. The Bertz CT molecular complexity index is 1050. The minimum absolute atomic E-state index is 0.0261. The van der Waals surface area contributed by atoms with Crippen LogP contribution in [0.4, 0.5) is 0 Å². The van der Waals surface area contributed by atoms with Gasteiger partial charge in [0.25, 0.3) is 0 Å². The second kappa shape index (κ2) is 8.57. The molecule has 0 unspecified atom stereocenters. The summed E-state index contributed by atoms with van der Waals surface area (Å²) in [7, 11) is 3.18. The van der Waals surface area contributed by atoms with Gasteiger partial charge in [-0.1, -0.05) is 0 Å². The highest BCUT2D eigenvalue weighted by Crippen LogP contribution is 2.56. The summed E-state index contributed by atoms with van der Waals surface area (Å²) in [4.78, 5) is 12.9. The summed E-state index contributed by atoms with van der Waals surface area (Å²) in [5, 5.41) is 0. The molecule has 33 heavy (non-hydrogen) atoms. The minimum Gasteiger partial charge on any atom is -0.493 e. The van der Waals surface area contributed by atoms with Crippen LogP contribution < -0.4 is 28.4 Å². The molecule has 3 atom stereocenters. The van der Waals surface area contributed by atoms with Crippen molar-refractivity contribution in [1.29, 1.82) is 0 Å². The summed E-state index contributed by atoms with van der Waals surface area (Å²) in [6, 6.07) is 5.81. The van der Waals surface area contributed by atoms with E-state index in [1.54, 1.807) is 14.2 Å². The standard InChI is InChI=1S/C25H28O8/c1-5-29-22-16-7-14-11-31-25(26)21(14)20(15(16)10-19-24(22)33-12-32-19)13-8-17(27-3)23(30-6-2)18(9-13)28-4/h8-10,14,20-21H,5-7,11-12H2,1-4H3/t14-,20-,21-/m0/s1. The lowest BCUT2D eigenvalue weighted by Crippen LogP contribution is -2.32. The first kappa shape index (κ1) is 21.6. The van der Waals surface area contributed by atoms with E-state index < -0.39 is 0 Å². The Hall–Kier alpha value is -3.29. The highest BCUT2D eigenvalue weighted by atomic mass is 16.7. The summed E-state index contributed by atoms with van der Waals surface area (Å²) in [6.07, 6.45) is 0.666. The number of hydrogen-bond acceptors (Lipinski definition) is 8. The Balaban J connectivity index is 1.74. The Morgan fingerprint density at radius 3 is 2.30 bits per heavy atom. The van der Waals surface area contributed by atoms with Gasteiger partial charge in [-0.3, -0.25) is 4.79 Å². The number of ether oxygens (including phenoxy) is 7. The number of methoxy groups -OCH3 is 2. The van der Waals surface area contributed by atoms with E-state index in [0.29, 0.717) is 60.7 Å². The molecule has 2 heterocycles. The van der Waals surface area contributed by atoms with Crippen molar-refractivity contribution in [2.24, 2.45) is 11.8 Å². The summed E-state index contributed by atoms with van der Waals surface area (Å²) in [5.74, 6) is 2.77. The zero-order valence-corrected chi connectivity index (χ0v) is 19.3. The molecule has 2 aliphatic heterocycles. The van der Waals surface area contributed by atoms with Crippen molar-refractivity contribution in [1.82, 2.24) is 0 Å². The molecule has 176 valence electrons. The zero-order valence-electron chi connectivity index (χ0n) is 19.3. The van der Waals surface area contributed by atoms with Crippen LogP contribution in [0, 0.1) is 11.8 Å². The van der Waals surface area contributed by atoms with Crippen LogP contribution in [0.2, 0.25) is 0 Å². The topological polar surface area (TPSA) is 81.7 Å². The molecule has 0 bridgehead atoms. The van der Waals surface area contributed by atoms with Crippen molar-refractivity contribution >= 4 is 5.97 Å². The molecule has 0 N–H and O–H groups in total. The molecule has 1 aliphatic carbocycles. The van der Waals surface area contributed by atoms with E-state index in [0.717, 1.165) is 16.7 Å². The second-order valence-electron chi connectivity index (χ2n) is 8.23. The van der Waals surface area contributed by atoms with Gasteiger partial charge in [0.1, 0.15) is 0 Å². The number of esters is 1. The summed E-state index contributed by atoms with van der Waals surface area (Å²) in [5.41, 5.74) is 2.87. The van der Waals surface area contributed by atoms with E-state index >= 15 is 0 Å². The third kappa shape index (κ3) is 3.39. The fourth-order valence-corrected chi connectivity index (χ4v) is 5.24. The summed E-state index contributed by atoms with van der Waals surface area (Å²) >= 11 is 0. The van der Waals surface area contributed by atoms with E-state index in [9.17, 15) is 4.79 Å². The van der Waals surface area contributed by atoms with Gasteiger partial charge >= 0.3 is 5.97 Å². The van der Waals surface area contributed by atoms with Crippen LogP contribution >= 0.6 is 0 Å². The Labute approximate surface area is 192 Å². The van der Waals surface area contributed by atoms with Crippen LogP contribution in [0.5, 0.6) is 34.5 Å². The minimum atomic E-state index is -0.334. The van der Waals surface area contributed by atoms with E-state index in [1.165, 1.54) is 0 Å². The second-order valence-corrected chi connectivity index (χ2v) is 8.23. The number of carbonyl (C=O) groups is 1. The lowest BCUT2D eigenvalue weighted by atomic mass is 9.67. The van der Waals surface area contributed by atoms with Crippen molar-refractivity contribution in [3.8, 4) is 34.5 Å². The van der Waals surface area contributed by atoms with Gasteiger partial charge in [0.05, 0.1) is 40.0 Å². The molecule has 0 aromatic heterocycles. The highest BCUT2D eigenvalue weighted by Gasteiger charge is 2.49. The van der Waals surface area contributed by atoms with Gasteiger partial charge in [0, 0.05) is 17.4 Å². The van der Waals surface area contributed by atoms with Crippen LogP contribution in [0.3, 0.4) is 0 Å². The Kier molecular flexibility index (Phi) is 5.60. The lowest BCUT2D eigenvalue weighted by Gasteiger charge is -2.35. The molecule has 5 rings (SSSR count). The average molecular weight is 456 g/mol. The smallest absolute Gasteiger partial charge is 0.310 e. The zero-order chi connectivity index (χ0) is 23.1. The van der Waals surface area contributed by atoms with Gasteiger partial charge in [0.2, 0.25) is 18.3 Å². The summed E-state index contributed by atoms with van der Waals surface area (Å²) in [6.45, 7) is 5.32. The fraction of sp³-hybridized carbons (Fsp3) is 0.480. The maximum absolute atomic E-state index is 12.9. The molecule has 0 saturated carbocycles. The van der Waals surface area contributed by atoms with Crippen LogP contribution in [0.1, 0.15) is 36.5 Å². The van der Waals surface area contributed by atoms with Crippen molar-refractivity contribution < 1.29 is 38.0 Å². The molecule has 3 aliphatic rings. The van der Waals surface area contributed by atoms with Crippen molar-refractivity contribution in [2.45, 2.75) is 26.2 Å². The number of benzene rings is 2. The number of hydrogen-bond donors (Lipinski definition) is 0. The monoisotopic (exact) mass is 456 g/mol. The van der Waals surface area contributed by atoms with Crippen LogP contribution in [-0.4, -0.2) is 46.8 Å². The van der Waals surface area contributed by atoms with Crippen LogP contribution in [-0.2, 0) is 16.0 Å². The Morgan fingerprint density at radius 1 is 0.939 bits per heavy atom. The molecule has 0 amide bonds. The van der Waals surface area contributed by atoms with E-state index in [2.05, 4.69) is 0 Å². The first-order chi connectivity index (χ1) is 16.1. The van der Waals surface area contributed by atoms with Crippen LogP contribution in [0.25, 0.3) is 0 Å². The molecule has 2 aromatic rings. The third-order valence-corrected chi connectivity index (χ3v) is 6.56. The first-order valence-electron chi connectivity index (χ1n) is 11.2. The predicted molar refractivity (Wildman–Crippen MR) is 118 cm³/mol. The van der Waals surface area contributed by atoms with E-state index in [4.69, 9.17) is 33.2 Å². The van der Waals surface area contributed by atoms with Crippen LogP contribution in [0.15, 0.2) is 18.2 Å². The Morgan fingerprint density at radius 2 is 1.64 bits per heavy atom. The largest absolute Gasteiger partial charge is 0.493 e. The maximum atomic E-state index is 12.9. The normalized spacial score (nSPS) is 22.3.